The number of nitrogen functional groups attached to an aromatic ring is 1. The average molecular weight is 365 g/mol. The van der Waals surface area contributed by atoms with Crippen molar-refractivity contribution in [2.24, 2.45) is 0 Å². The fourth-order valence-electron chi connectivity index (χ4n) is 1.61. The first-order chi connectivity index (χ1) is 9.88. The smallest absolute Gasteiger partial charge is 0.340 e. The van der Waals surface area contributed by atoms with Crippen molar-refractivity contribution in [1.82, 2.24) is 0 Å². The van der Waals surface area contributed by atoms with Crippen LogP contribution in [0.25, 0.3) is 0 Å². The third-order valence-electron chi connectivity index (χ3n) is 2.62. The zero-order chi connectivity index (χ0) is 15.6. The van der Waals surface area contributed by atoms with Gasteiger partial charge in [0.1, 0.15) is 6.61 Å². The van der Waals surface area contributed by atoms with Gasteiger partial charge in [-0.3, -0.25) is 0 Å². The van der Waals surface area contributed by atoms with Crippen LogP contribution in [0.5, 0.6) is 0 Å². The molecule has 0 radical (unpaired) electrons. The van der Waals surface area contributed by atoms with Crippen LogP contribution in [0.15, 0.2) is 30.3 Å². The second kappa shape index (κ2) is 6.75. The highest BCUT2D eigenvalue weighted by molar-refractivity contribution is 6.44. The molecule has 0 bridgehead atoms. The summed E-state index contributed by atoms with van der Waals surface area (Å²) in [6.45, 7) is 0.0263. The van der Waals surface area contributed by atoms with Gasteiger partial charge in [0.05, 0.1) is 25.7 Å². The van der Waals surface area contributed by atoms with Crippen molar-refractivity contribution in [3.05, 3.63) is 61.5 Å². The summed E-state index contributed by atoms with van der Waals surface area (Å²) in [6.07, 6.45) is 0. The van der Waals surface area contributed by atoms with Gasteiger partial charge in [-0.1, -0.05) is 52.5 Å². The molecule has 7 heteroatoms. The minimum atomic E-state index is -0.625. The lowest BCUT2D eigenvalue weighted by atomic mass is 10.2. The van der Waals surface area contributed by atoms with Crippen LogP contribution in [0, 0.1) is 0 Å². The van der Waals surface area contributed by atoms with Crippen molar-refractivity contribution >= 4 is 58.1 Å². The van der Waals surface area contributed by atoms with Gasteiger partial charge >= 0.3 is 5.97 Å². The van der Waals surface area contributed by atoms with Gasteiger partial charge in [-0.2, -0.15) is 0 Å². The van der Waals surface area contributed by atoms with Crippen LogP contribution in [-0.4, -0.2) is 5.97 Å². The topological polar surface area (TPSA) is 52.3 Å². The first-order valence-corrected chi connectivity index (χ1v) is 7.25. The Labute approximate surface area is 141 Å². The Bertz CT molecular complexity index is 704. The second-order valence-electron chi connectivity index (χ2n) is 4.19. The van der Waals surface area contributed by atoms with Crippen LogP contribution in [-0.2, 0) is 11.3 Å². The summed E-state index contributed by atoms with van der Waals surface area (Å²) in [7, 11) is 0. The fraction of sp³-hybridized carbons (Fsp3) is 0.0714. The summed E-state index contributed by atoms with van der Waals surface area (Å²) < 4.78 is 5.16. The summed E-state index contributed by atoms with van der Waals surface area (Å²) in [5, 5.41) is 1.11. The summed E-state index contributed by atoms with van der Waals surface area (Å²) in [4.78, 5) is 12.0. The molecule has 0 atom stereocenters. The molecule has 0 aromatic heterocycles. The molecule has 0 saturated heterocycles. The Morgan fingerprint density at radius 2 is 1.71 bits per heavy atom. The van der Waals surface area contributed by atoms with Gasteiger partial charge in [0.2, 0.25) is 0 Å². The van der Waals surface area contributed by atoms with Crippen molar-refractivity contribution in [1.29, 1.82) is 0 Å². The lowest BCUT2D eigenvalue weighted by Gasteiger charge is -2.09. The number of carbonyl (C=O) groups is 1. The number of halogens is 4. The molecule has 110 valence electrons. The Kier molecular flexibility index (Phi) is 5.22. The van der Waals surface area contributed by atoms with E-state index in [2.05, 4.69) is 0 Å². The van der Waals surface area contributed by atoms with Crippen LogP contribution < -0.4 is 5.73 Å². The van der Waals surface area contributed by atoms with Crippen molar-refractivity contribution in [2.75, 3.05) is 5.73 Å². The molecule has 0 aliphatic heterocycles. The molecule has 0 aliphatic carbocycles. The van der Waals surface area contributed by atoms with Crippen LogP contribution >= 0.6 is 46.4 Å². The molecular formula is C14H9Cl4NO2. The van der Waals surface area contributed by atoms with Crippen LogP contribution in [0.1, 0.15) is 15.9 Å². The van der Waals surface area contributed by atoms with Gasteiger partial charge in [0, 0.05) is 5.69 Å². The van der Waals surface area contributed by atoms with Crippen LogP contribution in [0.2, 0.25) is 20.1 Å². The van der Waals surface area contributed by atoms with Gasteiger partial charge < -0.3 is 10.5 Å². The molecule has 0 amide bonds. The number of rotatable bonds is 3. The van der Waals surface area contributed by atoms with Gasteiger partial charge in [-0.05, 0) is 29.8 Å². The van der Waals surface area contributed by atoms with Gasteiger partial charge in [-0.25, -0.2) is 4.79 Å². The monoisotopic (exact) mass is 363 g/mol. The molecule has 2 rings (SSSR count). The molecule has 0 fully saturated rings. The number of nitrogens with two attached hydrogens (primary N) is 1. The average Bonchev–Trinajstić information content (AvgIpc) is 2.43. The molecular weight excluding hydrogens is 356 g/mol. The molecule has 3 nitrogen and oxygen atoms in total. The third-order valence-corrected chi connectivity index (χ3v) is 4.17. The predicted octanol–water partition coefficient (Wildman–Crippen LogP) is 5.24. The molecule has 21 heavy (non-hydrogen) atoms. The molecule has 0 saturated carbocycles. The number of ether oxygens (including phenoxy) is 1. The minimum absolute atomic E-state index is 0.0263. The summed E-state index contributed by atoms with van der Waals surface area (Å²) in [6, 6.07) is 7.81. The summed E-state index contributed by atoms with van der Waals surface area (Å²) >= 11 is 23.5. The van der Waals surface area contributed by atoms with Gasteiger partial charge in [0.25, 0.3) is 0 Å². The first-order valence-electron chi connectivity index (χ1n) is 5.74. The number of carbonyl (C=O) groups excluding carboxylic acids is 1. The number of esters is 1. The maximum Gasteiger partial charge on any atom is 0.340 e. The van der Waals surface area contributed by atoms with E-state index in [1.165, 1.54) is 12.1 Å². The first kappa shape index (κ1) is 16.2. The van der Waals surface area contributed by atoms with E-state index in [9.17, 15) is 4.79 Å². The third kappa shape index (κ3) is 3.95. The molecule has 2 N–H and O–H groups in total. The van der Waals surface area contributed by atoms with Gasteiger partial charge in [-0.15, -0.1) is 0 Å². The number of anilines is 1. The summed E-state index contributed by atoms with van der Waals surface area (Å²) in [5.41, 5.74) is 6.76. The molecule has 0 spiro atoms. The van der Waals surface area contributed by atoms with E-state index in [1.54, 1.807) is 18.2 Å². The maximum absolute atomic E-state index is 12.0. The van der Waals surface area contributed by atoms with Crippen molar-refractivity contribution in [3.63, 3.8) is 0 Å². The number of hydrogen-bond donors (Lipinski definition) is 1. The highest BCUT2D eigenvalue weighted by Crippen LogP contribution is 2.29. The molecule has 0 aliphatic rings. The lowest BCUT2D eigenvalue weighted by molar-refractivity contribution is 0.0473. The lowest BCUT2D eigenvalue weighted by Crippen LogP contribution is -2.07. The minimum Gasteiger partial charge on any atom is -0.457 e. The molecule has 0 heterocycles. The highest BCUT2D eigenvalue weighted by Gasteiger charge is 2.16. The van der Waals surface area contributed by atoms with Crippen molar-refractivity contribution in [3.8, 4) is 0 Å². The van der Waals surface area contributed by atoms with E-state index in [1.807, 2.05) is 0 Å². The van der Waals surface area contributed by atoms with E-state index < -0.39 is 5.97 Å². The quantitative estimate of drug-likeness (QED) is 0.598. The second-order valence-corrected chi connectivity index (χ2v) is 5.79. The Morgan fingerprint density at radius 1 is 1.00 bits per heavy atom. The highest BCUT2D eigenvalue weighted by atomic mass is 35.5. The van der Waals surface area contributed by atoms with E-state index in [0.717, 1.165) is 0 Å². The Hall–Kier alpha value is -1.13. The van der Waals surface area contributed by atoms with E-state index in [0.29, 0.717) is 21.3 Å². The molecule has 2 aromatic carbocycles. The largest absolute Gasteiger partial charge is 0.457 e. The van der Waals surface area contributed by atoms with E-state index in [4.69, 9.17) is 56.9 Å². The predicted molar refractivity (Wildman–Crippen MR) is 86.5 cm³/mol. The maximum atomic E-state index is 12.0. The van der Waals surface area contributed by atoms with E-state index in [-0.39, 0.29) is 22.2 Å². The Balaban J connectivity index is 2.13. The summed E-state index contributed by atoms with van der Waals surface area (Å²) in [5.74, 6) is -0.625. The Morgan fingerprint density at radius 3 is 2.38 bits per heavy atom. The number of benzene rings is 2. The van der Waals surface area contributed by atoms with E-state index >= 15 is 0 Å². The van der Waals surface area contributed by atoms with Gasteiger partial charge in [0.15, 0.2) is 0 Å². The van der Waals surface area contributed by atoms with Crippen LogP contribution in [0.3, 0.4) is 0 Å². The van der Waals surface area contributed by atoms with Crippen molar-refractivity contribution in [2.45, 2.75) is 6.61 Å². The number of hydrogen-bond acceptors (Lipinski definition) is 3. The molecule has 2 aromatic rings. The standard InChI is InChI=1S/C14H9Cl4NO2/c15-10-2-1-7(3-11(10)16)6-21-14(20)9-4-8(19)5-12(17)13(9)18/h1-5H,6,19H2. The van der Waals surface area contributed by atoms with Crippen LogP contribution in [0.4, 0.5) is 5.69 Å². The van der Waals surface area contributed by atoms with Crippen molar-refractivity contribution < 1.29 is 9.53 Å². The zero-order valence-corrected chi connectivity index (χ0v) is 13.5. The SMILES string of the molecule is Nc1cc(Cl)c(Cl)c(C(=O)OCc2ccc(Cl)c(Cl)c2)c1. The molecule has 0 unspecified atom stereocenters. The zero-order valence-electron chi connectivity index (χ0n) is 10.5. The fourth-order valence-corrected chi connectivity index (χ4v) is 2.35. The normalized spacial score (nSPS) is 10.5.